The first-order valence-corrected chi connectivity index (χ1v) is 8.99. The average molecular weight is 322 g/mol. The van der Waals surface area contributed by atoms with Gasteiger partial charge in [-0.2, -0.15) is 0 Å². The Hall–Kier alpha value is -0.740. The molecule has 0 aromatic carbocycles. The Kier molecular flexibility index (Phi) is 3.20. The fourth-order valence-corrected chi connectivity index (χ4v) is 6.51. The zero-order valence-corrected chi connectivity index (χ0v) is 14.0. The number of hydrogen-bond donors (Lipinski definition) is 2. The Morgan fingerprint density at radius 1 is 1.17 bits per heavy atom. The normalized spacial score (nSPS) is 58.5. The molecule has 0 spiro atoms. The number of aliphatic hydroxyl groups is 2. The molecule has 0 radical (unpaired) electrons. The van der Waals surface area contributed by atoms with E-state index in [4.69, 9.17) is 0 Å². The number of carbonyl (C=O) groups excluding carboxylic acids is 1. The third kappa shape index (κ3) is 1.80. The maximum Gasteiger partial charge on any atom is 0.155 e. The lowest BCUT2D eigenvalue weighted by molar-refractivity contribution is -0.174. The van der Waals surface area contributed by atoms with Crippen molar-refractivity contribution in [3.63, 3.8) is 0 Å². The molecule has 3 fully saturated rings. The molecule has 4 rings (SSSR count). The van der Waals surface area contributed by atoms with E-state index in [0.29, 0.717) is 25.7 Å². The smallest absolute Gasteiger partial charge is 0.155 e. The Bertz CT molecular complexity index is 575. The van der Waals surface area contributed by atoms with E-state index in [2.05, 4.69) is 0 Å². The van der Waals surface area contributed by atoms with E-state index in [-0.39, 0.29) is 29.0 Å². The lowest BCUT2D eigenvalue weighted by atomic mass is 9.45. The van der Waals surface area contributed by atoms with Crippen molar-refractivity contribution in [3.05, 3.63) is 12.2 Å². The molecule has 3 saturated carbocycles. The van der Waals surface area contributed by atoms with Crippen LogP contribution in [0.3, 0.4) is 0 Å². The van der Waals surface area contributed by atoms with Crippen LogP contribution in [0.2, 0.25) is 0 Å². The van der Waals surface area contributed by atoms with Gasteiger partial charge in [0.2, 0.25) is 0 Å². The summed E-state index contributed by atoms with van der Waals surface area (Å²) < 4.78 is 16.4. The number of ketones is 1. The molecule has 128 valence electrons. The average Bonchev–Trinajstić information content (AvgIpc) is 2.73. The zero-order valence-electron chi connectivity index (χ0n) is 14.0. The number of aliphatic hydroxyl groups excluding tert-OH is 2. The maximum absolute atomic E-state index is 16.4. The van der Waals surface area contributed by atoms with E-state index < -0.39 is 23.3 Å². The first-order chi connectivity index (χ1) is 10.7. The summed E-state index contributed by atoms with van der Waals surface area (Å²) in [4.78, 5) is 11.8. The van der Waals surface area contributed by atoms with Crippen molar-refractivity contribution < 1.29 is 19.4 Å². The molecule has 3 nitrogen and oxygen atoms in total. The molecule has 2 N–H and O–H groups in total. The van der Waals surface area contributed by atoms with Gasteiger partial charge in [-0.05, 0) is 61.3 Å². The van der Waals surface area contributed by atoms with Gasteiger partial charge in [0.05, 0.1) is 12.2 Å². The van der Waals surface area contributed by atoms with Gasteiger partial charge in [-0.25, -0.2) is 4.39 Å². The molecule has 4 aliphatic carbocycles. The van der Waals surface area contributed by atoms with Crippen molar-refractivity contribution in [2.45, 2.75) is 70.2 Å². The number of allylic oxidation sites excluding steroid dienone is 2. The fraction of sp³-hybridized carbons (Fsp3) is 0.842. The summed E-state index contributed by atoms with van der Waals surface area (Å²) in [5.41, 5.74) is -2.30. The van der Waals surface area contributed by atoms with E-state index in [1.807, 2.05) is 19.9 Å². The molecule has 0 saturated heterocycles. The third-order valence-corrected chi connectivity index (χ3v) is 8.12. The second-order valence-electron chi connectivity index (χ2n) is 8.89. The molecular weight excluding hydrogens is 295 g/mol. The van der Waals surface area contributed by atoms with Gasteiger partial charge in [0.15, 0.2) is 5.78 Å². The lowest BCUT2D eigenvalue weighted by Gasteiger charge is -2.61. The van der Waals surface area contributed by atoms with Crippen molar-refractivity contribution in [2.75, 3.05) is 0 Å². The van der Waals surface area contributed by atoms with Crippen molar-refractivity contribution in [1.29, 1.82) is 0 Å². The van der Waals surface area contributed by atoms with Crippen molar-refractivity contribution in [2.24, 2.45) is 28.6 Å². The quantitative estimate of drug-likeness (QED) is 0.721. The molecule has 0 heterocycles. The van der Waals surface area contributed by atoms with Crippen LogP contribution in [-0.2, 0) is 4.79 Å². The van der Waals surface area contributed by atoms with Crippen LogP contribution in [0.4, 0.5) is 4.39 Å². The third-order valence-electron chi connectivity index (χ3n) is 8.12. The first kappa shape index (κ1) is 15.8. The number of alkyl halides is 1. The minimum Gasteiger partial charge on any atom is -0.390 e. The van der Waals surface area contributed by atoms with Gasteiger partial charge >= 0.3 is 0 Å². The van der Waals surface area contributed by atoms with Gasteiger partial charge in [0.25, 0.3) is 0 Å². The molecule has 23 heavy (non-hydrogen) atoms. The van der Waals surface area contributed by atoms with Crippen LogP contribution >= 0.6 is 0 Å². The van der Waals surface area contributed by atoms with E-state index in [1.165, 1.54) is 0 Å². The summed E-state index contributed by atoms with van der Waals surface area (Å²) in [6.45, 7) is 4.00. The van der Waals surface area contributed by atoms with E-state index in [0.717, 1.165) is 12.8 Å². The highest BCUT2D eigenvalue weighted by molar-refractivity contribution is 5.91. The second-order valence-corrected chi connectivity index (χ2v) is 8.89. The van der Waals surface area contributed by atoms with Gasteiger partial charge in [-0.15, -0.1) is 0 Å². The highest BCUT2D eigenvalue weighted by atomic mass is 19.1. The van der Waals surface area contributed by atoms with Crippen LogP contribution in [0.1, 0.15) is 52.4 Å². The summed E-state index contributed by atoms with van der Waals surface area (Å²) in [5, 5.41) is 20.6. The van der Waals surface area contributed by atoms with Crippen molar-refractivity contribution in [3.8, 4) is 0 Å². The number of fused-ring (bicyclic) bond motifs is 5. The van der Waals surface area contributed by atoms with Crippen LogP contribution in [0.5, 0.6) is 0 Å². The topological polar surface area (TPSA) is 57.5 Å². The predicted molar refractivity (Wildman–Crippen MR) is 84.4 cm³/mol. The highest BCUT2D eigenvalue weighted by Crippen LogP contribution is 2.68. The molecular formula is C19H27FO3. The fourth-order valence-electron chi connectivity index (χ4n) is 6.51. The van der Waals surface area contributed by atoms with Gasteiger partial charge in [-0.1, -0.05) is 19.9 Å². The minimum atomic E-state index is -1.33. The molecule has 0 bridgehead atoms. The molecule has 0 aromatic heterocycles. The van der Waals surface area contributed by atoms with Crippen LogP contribution in [-0.4, -0.2) is 33.9 Å². The van der Waals surface area contributed by atoms with Gasteiger partial charge in [-0.3, -0.25) is 4.79 Å². The standard InChI is InChI=1S/C19H27FO3/c1-17-7-8-19(20)13(14(17)10-15(22)16(17)23)4-3-11-9-12(21)5-6-18(11,19)2/h5-6,11,13-16,22-23H,3-4,7-10H2,1-2H3/t11?,13-,14-,15?,16?,17-,18-,19-/m0/s1. The Morgan fingerprint density at radius 2 is 1.91 bits per heavy atom. The molecule has 3 unspecified atom stereocenters. The van der Waals surface area contributed by atoms with Crippen molar-refractivity contribution >= 4 is 5.78 Å². The number of hydrogen-bond acceptors (Lipinski definition) is 3. The summed E-state index contributed by atoms with van der Waals surface area (Å²) in [6, 6.07) is 0. The van der Waals surface area contributed by atoms with E-state index in [9.17, 15) is 15.0 Å². The molecule has 0 aromatic rings. The number of carbonyl (C=O) groups is 1. The van der Waals surface area contributed by atoms with Crippen LogP contribution in [0.25, 0.3) is 0 Å². The minimum absolute atomic E-state index is 0.0232. The van der Waals surface area contributed by atoms with Crippen LogP contribution in [0, 0.1) is 28.6 Å². The molecule has 0 amide bonds. The summed E-state index contributed by atoms with van der Waals surface area (Å²) in [5.74, 6) is 0.0888. The SMILES string of the molecule is C[C@]12C=CC(=O)CC1CC[C@H]1[C@@H]3CC(O)C(O)[C@@]3(C)CC[C@]12F. The van der Waals surface area contributed by atoms with Crippen molar-refractivity contribution in [1.82, 2.24) is 0 Å². The summed E-state index contributed by atoms with van der Waals surface area (Å²) >= 11 is 0. The maximum atomic E-state index is 16.4. The van der Waals surface area contributed by atoms with Gasteiger partial charge < -0.3 is 10.2 Å². The molecule has 8 atom stereocenters. The monoisotopic (exact) mass is 322 g/mol. The van der Waals surface area contributed by atoms with Gasteiger partial charge in [0, 0.05) is 11.8 Å². The van der Waals surface area contributed by atoms with E-state index >= 15 is 4.39 Å². The first-order valence-electron chi connectivity index (χ1n) is 8.99. The number of rotatable bonds is 0. The second kappa shape index (κ2) is 4.66. The van der Waals surface area contributed by atoms with Crippen LogP contribution in [0.15, 0.2) is 12.2 Å². The molecule has 4 heteroatoms. The molecule has 0 aliphatic heterocycles. The Balaban J connectivity index is 1.75. The van der Waals surface area contributed by atoms with Gasteiger partial charge in [0.1, 0.15) is 5.67 Å². The summed E-state index contributed by atoms with van der Waals surface area (Å²) in [7, 11) is 0. The Labute approximate surface area is 137 Å². The number of halogens is 1. The zero-order chi connectivity index (χ0) is 16.6. The summed E-state index contributed by atoms with van der Waals surface area (Å²) in [6.07, 6.45) is 5.53. The Morgan fingerprint density at radius 3 is 2.65 bits per heavy atom. The highest BCUT2D eigenvalue weighted by Gasteiger charge is 2.68. The van der Waals surface area contributed by atoms with Crippen LogP contribution < -0.4 is 0 Å². The molecule has 4 aliphatic rings. The lowest BCUT2D eigenvalue weighted by Crippen LogP contribution is -2.62. The largest absolute Gasteiger partial charge is 0.390 e. The van der Waals surface area contributed by atoms with E-state index in [1.54, 1.807) is 6.08 Å². The predicted octanol–water partition coefficient (Wildman–Crippen LogP) is 2.80.